The van der Waals surface area contributed by atoms with Crippen molar-refractivity contribution >= 4 is 22.8 Å². The fourth-order valence-corrected chi connectivity index (χ4v) is 3.14. The molecule has 1 N–H and O–H groups in total. The molecule has 1 aliphatic rings. The van der Waals surface area contributed by atoms with Gasteiger partial charge in [0.05, 0.1) is 7.11 Å². The Morgan fingerprint density at radius 1 is 1.35 bits per heavy atom. The molecule has 6 heteroatoms. The summed E-state index contributed by atoms with van der Waals surface area (Å²) in [6.07, 6.45) is 2.09. The van der Waals surface area contributed by atoms with Gasteiger partial charge in [-0.05, 0) is 32.3 Å². The number of carbonyl (C=O) groups excluding carboxylic acids is 1. The zero-order valence-corrected chi connectivity index (χ0v) is 13.2. The number of aliphatic carboxylic acids is 1. The minimum absolute atomic E-state index is 0.192. The van der Waals surface area contributed by atoms with E-state index >= 15 is 0 Å². The SMILES string of the molecule is COc1cccc2c(C)c(C(=O)N3CCCC[C@H]3C(=O)O)oc12. The van der Waals surface area contributed by atoms with Crippen molar-refractivity contribution in [3.05, 3.63) is 29.5 Å². The molecule has 6 nitrogen and oxygen atoms in total. The van der Waals surface area contributed by atoms with E-state index in [1.807, 2.05) is 12.1 Å². The number of carboxylic acid groups (broad SMARTS) is 1. The molecule has 0 bridgehead atoms. The molecule has 0 unspecified atom stereocenters. The largest absolute Gasteiger partial charge is 0.493 e. The van der Waals surface area contributed by atoms with Gasteiger partial charge in [-0.2, -0.15) is 0 Å². The summed E-state index contributed by atoms with van der Waals surface area (Å²) >= 11 is 0. The number of carbonyl (C=O) groups is 2. The summed E-state index contributed by atoms with van der Waals surface area (Å²) in [6, 6.07) is 4.67. The maximum absolute atomic E-state index is 12.8. The molecule has 122 valence electrons. The topological polar surface area (TPSA) is 80.0 Å². The average Bonchev–Trinajstić information content (AvgIpc) is 2.91. The zero-order valence-electron chi connectivity index (χ0n) is 13.2. The second-order valence-corrected chi connectivity index (χ2v) is 5.74. The lowest BCUT2D eigenvalue weighted by Crippen LogP contribution is -2.48. The summed E-state index contributed by atoms with van der Waals surface area (Å²) in [4.78, 5) is 25.7. The van der Waals surface area contributed by atoms with E-state index in [4.69, 9.17) is 9.15 Å². The second kappa shape index (κ2) is 5.95. The van der Waals surface area contributed by atoms with Crippen LogP contribution in [0, 0.1) is 6.92 Å². The third-order valence-corrected chi connectivity index (χ3v) is 4.39. The highest BCUT2D eigenvalue weighted by Gasteiger charge is 2.35. The minimum Gasteiger partial charge on any atom is -0.493 e. The monoisotopic (exact) mass is 317 g/mol. The molecule has 3 rings (SSSR count). The number of benzene rings is 1. The molecule has 1 aromatic carbocycles. The standard InChI is InChI=1S/C17H19NO5/c1-10-11-6-5-8-13(22-2)15(11)23-14(10)16(19)18-9-4-3-7-12(18)17(20)21/h5-6,8,12H,3-4,7,9H2,1-2H3,(H,20,21)/t12-/m0/s1. The second-order valence-electron chi connectivity index (χ2n) is 5.74. The number of carboxylic acids is 1. The van der Waals surface area contributed by atoms with Gasteiger partial charge in [-0.1, -0.05) is 12.1 Å². The quantitative estimate of drug-likeness (QED) is 0.941. The first kappa shape index (κ1) is 15.4. The van der Waals surface area contributed by atoms with Crippen molar-refractivity contribution in [3.8, 4) is 5.75 Å². The van der Waals surface area contributed by atoms with Crippen molar-refractivity contribution in [1.82, 2.24) is 4.90 Å². The molecule has 1 aromatic heterocycles. The summed E-state index contributed by atoms with van der Waals surface area (Å²) in [7, 11) is 1.54. The van der Waals surface area contributed by atoms with Crippen LogP contribution in [-0.4, -0.2) is 41.6 Å². The van der Waals surface area contributed by atoms with Crippen LogP contribution in [0.1, 0.15) is 35.4 Å². The van der Waals surface area contributed by atoms with Crippen molar-refractivity contribution in [2.24, 2.45) is 0 Å². The third kappa shape index (κ3) is 2.54. The van der Waals surface area contributed by atoms with Gasteiger partial charge in [-0.3, -0.25) is 4.79 Å². The van der Waals surface area contributed by atoms with E-state index in [1.54, 1.807) is 20.1 Å². The van der Waals surface area contributed by atoms with Crippen molar-refractivity contribution in [2.75, 3.05) is 13.7 Å². The van der Waals surface area contributed by atoms with Crippen LogP contribution in [0.4, 0.5) is 0 Å². The van der Waals surface area contributed by atoms with Gasteiger partial charge in [0.25, 0.3) is 5.91 Å². The fourth-order valence-electron chi connectivity index (χ4n) is 3.14. The number of amides is 1. The molecule has 0 radical (unpaired) electrons. The van der Waals surface area contributed by atoms with Crippen molar-refractivity contribution in [1.29, 1.82) is 0 Å². The van der Waals surface area contributed by atoms with Gasteiger partial charge in [-0.15, -0.1) is 0 Å². The Morgan fingerprint density at radius 3 is 2.83 bits per heavy atom. The number of hydrogen-bond donors (Lipinski definition) is 1. The van der Waals surface area contributed by atoms with Crippen LogP contribution in [0.3, 0.4) is 0 Å². The summed E-state index contributed by atoms with van der Waals surface area (Å²) < 4.78 is 11.0. The molecule has 1 aliphatic heterocycles. The number of piperidine rings is 1. The van der Waals surface area contributed by atoms with E-state index in [0.29, 0.717) is 29.9 Å². The smallest absolute Gasteiger partial charge is 0.326 e. The fraction of sp³-hybridized carbons (Fsp3) is 0.412. The molecule has 0 aliphatic carbocycles. The first-order valence-electron chi connectivity index (χ1n) is 7.64. The van der Waals surface area contributed by atoms with Crippen LogP contribution < -0.4 is 4.74 Å². The minimum atomic E-state index is -0.968. The van der Waals surface area contributed by atoms with E-state index in [0.717, 1.165) is 18.2 Å². The van der Waals surface area contributed by atoms with Crippen LogP contribution in [0.25, 0.3) is 11.0 Å². The van der Waals surface area contributed by atoms with Crippen LogP contribution >= 0.6 is 0 Å². The van der Waals surface area contributed by atoms with E-state index in [1.165, 1.54) is 4.90 Å². The van der Waals surface area contributed by atoms with E-state index < -0.39 is 12.0 Å². The summed E-state index contributed by atoms with van der Waals surface area (Å²) in [5.41, 5.74) is 1.22. The van der Waals surface area contributed by atoms with Gasteiger partial charge in [0, 0.05) is 17.5 Å². The lowest BCUT2D eigenvalue weighted by atomic mass is 10.0. The lowest BCUT2D eigenvalue weighted by molar-refractivity contribution is -0.143. The first-order valence-corrected chi connectivity index (χ1v) is 7.64. The molecule has 2 heterocycles. The van der Waals surface area contributed by atoms with Gasteiger partial charge in [0.15, 0.2) is 17.1 Å². The van der Waals surface area contributed by atoms with E-state index in [9.17, 15) is 14.7 Å². The van der Waals surface area contributed by atoms with E-state index in [-0.39, 0.29) is 11.7 Å². The van der Waals surface area contributed by atoms with Crippen LogP contribution in [0.15, 0.2) is 22.6 Å². The van der Waals surface area contributed by atoms with Crippen molar-refractivity contribution in [3.63, 3.8) is 0 Å². The van der Waals surface area contributed by atoms with Crippen LogP contribution in [-0.2, 0) is 4.79 Å². The number of likely N-dealkylation sites (tertiary alicyclic amines) is 1. The molecule has 1 amide bonds. The number of para-hydroxylation sites is 1. The summed E-state index contributed by atoms with van der Waals surface area (Å²) in [5.74, 6) is -0.590. The number of furan rings is 1. The molecule has 23 heavy (non-hydrogen) atoms. The normalized spacial score (nSPS) is 18.2. The predicted molar refractivity (Wildman–Crippen MR) is 83.8 cm³/mol. The zero-order chi connectivity index (χ0) is 16.6. The number of ether oxygens (including phenoxy) is 1. The molecular weight excluding hydrogens is 298 g/mol. The molecule has 0 saturated carbocycles. The Labute approximate surface area is 133 Å². The van der Waals surface area contributed by atoms with Gasteiger partial charge in [0.2, 0.25) is 0 Å². The Kier molecular flexibility index (Phi) is 3.98. The number of hydrogen-bond acceptors (Lipinski definition) is 4. The van der Waals surface area contributed by atoms with Gasteiger partial charge in [-0.25, -0.2) is 4.79 Å². The number of aryl methyl sites for hydroxylation is 1. The van der Waals surface area contributed by atoms with Gasteiger partial charge < -0.3 is 19.2 Å². The molecule has 1 atom stereocenters. The van der Waals surface area contributed by atoms with Crippen LogP contribution in [0.5, 0.6) is 5.75 Å². The highest BCUT2D eigenvalue weighted by Crippen LogP contribution is 2.33. The maximum Gasteiger partial charge on any atom is 0.326 e. The molecular formula is C17H19NO5. The number of rotatable bonds is 3. The number of nitrogens with zero attached hydrogens (tertiary/aromatic N) is 1. The summed E-state index contributed by atoms with van der Waals surface area (Å²) in [5, 5.41) is 10.2. The number of methoxy groups -OCH3 is 1. The lowest BCUT2D eigenvalue weighted by Gasteiger charge is -2.32. The molecule has 2 aromatic rings. The first-order chi connectivity index (χ1) is 11.0. The van der Waals surface area contributed by atoms with E-state index in [2.05, 4.69) is 0 Å². The third-order valence-electron chi connectivity index (χ3n) is 4.39. The van der Waals surface area contributed by atoms with Crippen molar-refractivity contribution < 1.29 is 23.8 Å². The van der Waals surface area contributed by atoms with Gasteiger partial charge >= 0.3 is 5.97 Å². The Balaban J connectivity index is 2.03. The number of fused-ring (bicyclic) bond motifs is 1. The Bertz CT molecular complexity index is 764. The Morgan fingerprint density at radius 2 is 2.13 bits per heavy atom. The summed E-state index contributed by atoms with van der Waals surface area (Å²) in [6.45, 7) is 2.24. The van der Waals surface area contributed by atoms with Crippen LogP contribution in [0.2, 0.25) is 0 Å². The molecule has 0 spiro atoms. The highest BCUT2D eigenvalue weighted by atomic mass is 16.5. The van der Waals surface area contributed by atoms with Crippen molar-refractivity contribution in [2.45, 2.75) is 32.2 Å². The molecule has 1 fully saturated rings. The highest BCUT2D eigenvalue weighted by molar-refractivity contribution is 6.01. The average molecular weight is 317 g/mol. The Hall–Kier alpha value is -2.50. The van der Waals surface area contributed by atoms with Gasteiger partial charge in [0.1, 0.15) is 6.04 Å². The maximum atomic E-state index is 12.8. The predicted octanol–water partition coefficient (Wildman–Crippen LogP) is 2.83. The molecule has 1 saturated heterocycles.